The van der Waals surface area contributed by atoms with Gasteiger partial charge < -0.3 is 14.6 Å². The molecule has 0 radical (unpaired) electrons. The Kier molecular flexibility index (Phi) is 3.56. The molecule has 8 heteroatoms. The Morgan fingerprint density at radius 3 is 3.00 bits per heavy atom. The van der Waals surface area contributed by atoms with Gasteiger partial charge in [-0.25, -0.2) is 4.79 Å². The monoisotopic (exact) mass is 268 g/mol. The van der Waals surface area contributed by atoms with Crippen molar-refractivity contribution in [3.05, 3.63) is 11.5 Å². The van der Waals surface area contributed by atoms with Gasteiger partial charge >= 0.3 is 5.97 Å². The maximum absolute atomic E-state index is 11.4. The largest absolute Gasteiger partial charge is 0.460 e. The van der Waals surface area contributed by atoms with Gasteiger partial charge in [-0.2, -0.15) is 9.36 Å². The number of nitrogens with one attached hydrogen (secondary N) is 1. The Hall–Kier alpha value is -1.96. The standard InChI is InChI=1S/C10H12N4O3S/c1-4-16-10(15)7-12-8(17-13-7)6-5(2)14-18-9(6)11-3/h11H,4H2,1-3H3. The number of carbonyl (C=O) groups is 1. The van der Waals surface area contributed by atoms with Gasteiger partial charge in [0.15, 0.2) is 0 Å². The van der Waals surface area contributed by atoms with Gasteiger partial charge in [0.25, 0.3) is 11.7 Å². The average molecular weight is 268 g/mol. The lowest BCUT2D eigenvalue weighted by atomic mass is 10.2. The van der Waals surface area contributed by atoms with Crippen molar-refractivity contribution in [3.63, 3.8) is 0 Å². The zero-order valence-corrected chi connectivity index (χ0v) is 11.0. The molecule has 0 saturated heterocycles. The third-order valence-electron chi connectivity index (χ3n) is 2.19. The fraction of sp³-hybridized carbons (Fsp3) is 0.400. The molecule has 0 aliphatic heterocycles. The average Bonchev–Trinajstić information content (AvgIpc) is 2.95. The van der Waals surface area contributed by atoms with Crippen LogP contribution in [0.15, 0.2) is 4.52 Å². The number of nitrogens with zero attached hydrogens (tertiary/aromatic N) is 3. The number of hydrogen-bond donors (Lipinski definition) is 1. The maximum atomic E-state index is 11.4. The quantitative estimate of drug-likeness (QED) is 0.844. The summed E-state index contributed by atoms with van der Waals surface area (Å²) in [5.41, 5.74) is 1.48. The molecular formula is C10H12N4O3S. The van der Waals surface area contributed by atoms with E-state index in [4.69, 9.17) is 9.26 Å². The molecule has 0 unspecified atom stereocenters. The first-order valence-electron chi connectivity index (χ1n) is 5.32. The van der Waals surface area contributed by atoms with Gasteiger partial charge in [0, 0.05) is 7.05 Å². The van der Waals surface area contributed by atoms with E-state index in [0.29, 0.717) is 5.56 Å². The summed E-state index contributed by atoms with van der Waals surface area (Å²) in [6.45, 7) is 3.81. The third-order valence-corrected chi connectivity index (χ3v) is 3.14. The molecule has 0 aliphatic rings. The van der Waals surface area contributed by atoms with Crippen LogP contribution in [-0.2, 0) is 4.74 Å². The second kappa shape index (κ2) is 5.13. The van der Waals surface area contributed by atoms with Crippen LogP contribution in [-0.4, -0.2) is 34.1 Å². The van der Waals surface area contributed by atoms with Crippen LogP contribution in [0.3, 0.4) is 0 Å². The molecule has 7 nitrogen and oxygen atoms in total. The molecule has 0 atom stereocenters. The highest BCUT2D eigenvalue weighted by molar-refractivity contribution is 7.10. The van der Waals surface area contributed by atoms with Gasteiger partial charge in [0.2, 0.25) is 0 Å². The Morgan fingerprint density at radius 1 is 1.56 bits per heavy atom. The topological polar surface area (TPSA) is 90.1 Å². The summed E-state index contributed by atoms with van der Waals surface area (Å²) in [5, 5.41) is 7.40. The van der Waals surface area contributed by atoms with Crippen molar-refractivity contribution < 1.29 is 14.1 Å². The van der Waals surface area contributed by atoms with Crippen LogP contribution in [0.25, 0.3) is 11.5 Å². The number of carbonyl (C=O) groups excluding carboxylic acids is 1. The number of aryl methyl sites for hydroxylation is 1. The van der Waals surface area contributed by atoms with Gasteiger partial charge in [-0.15, -0.1) is 0 Å². The number of aromatic nitrogens is 3. The molecule has 0 amide bonds. The minimum Gasteiger partial charge on any atom is -0.460 e. The summed E-state index contributed by atoms with van der Waals surface area (Å²) in [6, 6.07) is 0. The van der Waals surface area contributed by atoms with Crippen molar-refractivity contribution in [1.29, 1.82) is 0 Å². The molecule has 0 fully saturated rings. The molecule has 18 heavy (non-hydrogen) atoms. The second-order valence-electron chi connectivity index (χ2n) is 3.37. The van der Waals surface area contributed by atoms with Crippen LogP contribution in [0.5, 0.6) is 0 Å². The van der Waals surface area contributed by atoms with Crippen LogP contribution in [0.1, 0.15) is 23.2 Å². The van der Waals surface area contributed by atoms with Gasteiger partial charge in [-0.3, -0.25) is 0 Å². The molecule has 2 aromatic heterocycles. The van der Waals surface area contributed by atoms with Crippen molar-refractivity contribution in [3.8, 4) is 11.5 Å². The van der Waals surface area contributed by atoms with Crippen LogP contribution >= 0.6 is 11.5 Å². The zero-order valence-electron chi connectivity index (χ0n) is 10.2. The summed E-state index contributed by atoms with van der Waals surface area (Å²) in [4.78, 5) is 15.4. The number of rotatable bonds is 4. The lowest BCUT2D eigenvalue weighted by molar-refractivity contribution is 0.0508. The van der Waals surface area contributed by atoms with Crippen molar-refractivity contribution >= 4 is 22.5 Å². The Morgan fingerprint density at radius 2 is 2.33 bits per heavy atom. The minimum atomic E-state index is -0.598. The van der Waals surface area contributed by atoms with Gasteiger partial charge in [-0.1, -0.05) is 0 Å². The molecule has 96 valence electrons. The van der Waals surface area contributed by atoms with Gasteiger partial charge in [0.05, 0.1) is 17.9 Å². The lowest BCUT2D eigenvalue weighted by Gasteiger charge is -1.96. The Bertz CT molecular complexity index is 563. The SMILES string of the molecule is CCOC(=O)c1noc(-c2c(C)nsc2NC)n1. The van der Waals surface area contributed by atoms with Crippen LogP contribution in [0, 0.1) is 6.92 Å². The molecule has 2 heterocycles. The van der Waals surface area contributed by atoms with Gasteiger partial charge in [0.1, 0.15) is 5.00 Å². The van der Waals surface area contributed by atoms with Crippen LogP contribution < -0.4 is 5.32 Å². The minimum absolute atomic E-state index is 0.0838. The van der Waals surface area contributed by atoms with Crippen LogP contribution in [0.2, 0.25) is 0 Å². The predicted molar refractivity (Wildman–Crippen MR) is 65.6 cm³/mol. The smallest absolute Gasteiger partial charge is 0.379 e. The van der Waals surface area contributed by atoms with Gasteiger partial charge in [-0.05, 0) is 30.5 Å². The van der Waals surface area contributed by atoms with E-state index in [1.165, 1.54) is 11.5 Å². The van der Waals surface area contributed by atoms with Crippen molar-refractivity contribution in [2.75, 3.05) is 19.0 Å². The fourth-order valence-corrected chi connectivity index (χ4v) is 2.13. The molecule has 2 rings (SSSR count). The van der Waals surface area contributed by atoms with E-state index in [1.807, 2.05) is 6.92 Å². The van der Waals surface area contributed by atoms with E-state index in [1.54, 1.807) is 14.0 Å². The molecule has 0 aliphatic carbocycles. The number of anilines is 1. The first-order valence-corrected chi connectivity index (χ1v) is 6.10. The Balaban J connectivity index is 2.35. The molecule has 0 aromatic carbocycles. The van der Waals surface area contributed by atoms with E-state index in [2.05, 4.69) is 19.8 Å². The van der Waals surface area contributed by atoms with E-state index < -0.39 is 5.97 Å². The number of esters is 1. The summed E-state index contributed by atoms with van der Waals surface area (Å²) < 4.78 is 14.0. The summed E-state index contributed by atoms with van der Waals surface area (Å²) >= 11 is 1.29. The summed E-state index contributed by atoms with van der Waals surface area (Å²) in [7, 11) is 1.78. The molecule has 2 aromatic rings. The molecule has 0 spiro atoms. The molecule has 0 bridgehead atoms. The van der Waals surface area contributed by atoms with E-state index in [-0.39, 0.29) is 18.3 Å². The highest BCUT2D eigenvalue weighted by Crippen LogP contribution is 2.33. The molecule has 0 saturated carbocycles. The van der Waals surface area contributed by atoms with Crippen LogP contribution in [0.4, 0.5) is 5.00 Å². The first kappa shape index (κ1) is 12.5. The normalized spacial score (nSPS) is 10.4. The third kappa shape index (κ3) is 2.19. The van der Waals surface area contributed by atoms with Crippen molar-refractivity contribution in [2.45, 2.75) is 13.8 Å². The highest BCUT2D eigenvalue weighted by atomic mass is 32.1. The highest BCUT2D eigenvalue weighted by Gasteiger charge is 2.21. The van der Waals surface area contributed by atoms with E-state index in [0.717, 1.165) is 10.7 Å². The maximum Gasteiger partial charge on any atom is 0.379 e. The molecule has 1 N–H and O–H groups in total. The van der Waals surface area contributed by atoms with Crippen molar-refractivity contribution in [1.82, 2.24) is 14.5 Å². The Labute approximate surface area is 107 Å². The van der Waals surface area contributed by atoms with Crippen molar-refractivity contribution in [2.24, 2.45) is 0 Å². The predicted octanol–water partition coefficient (Wildman–Crippen LogP) is 1.72. The first-order chi connectivity index (χ1) is 8.67. The summed E-state index contributed by atoms with van der Waals surface area (Å²) in [5.74, 6) is -0.424. The molecular weight excluding hydrogens is 256 g/mol. The van der Waals surface area contributed by atoms with E-state index >= 15 is 0 Å². The lowest BCUT2D eigenvalue weighted by Crippen LogP contribution is -2.06. The zero-order chi connectivity index (χ0) is 13.1. The summed E-state index contributed by atoms with van der Waals surface area (Å²) in [6.07, 6.45) is 0. The number of ether oxygens (including phenoxy) is 1. The second-order valence-corrected chi connectivity index (χ2v) is 4.14. The fourth-order valence-electron chi connectivity index (χ4n) is 1.40. The number of hydrogen-bond acceptors (Lipinski definition) is 8. The van der Waals surface area contributed by atoms with E-state index in [9.17, 15) is 4.79 Å².